The Morgan fingerprint density at radius 2 is 1.71 bits per heavy atom. The van der Waals surface area contributed by atoms with Gasteiger partial charge in [-0.2, -0.15) is 5.06 Å². The Labute approximate surface area is 340 Å². The molecule has 1 aliphatic heterocycles. The van der Waals surface area contributed by atoms with Gasteiger partial charge in [-0.05, 0) is 125 Å². The molecule has 0 aromatic rings. The molecule has 0 spiro atoms. The number of nitrogens with one attached hydrogen (secondary N) is 2. The highest BCUT2D eigenvalue weighted by Gasteiger charge is 2.58. The first-order valence-electron chi connectivity index (χ1n) is 22.9. The maximum absolute atomic E-state index is 14.5. The topological polar surface area (TPSA) is 124 Å². The van der Waals surface area contributed by atoms with Gasteiger partial charge in [0, 0.05) is 50.0 Å². The first kappa shape index (κ1) is 44.3. The van der Waals surface area contributed by atoms with Gasteiger partial charge in [0.05, 0.1) is 18.8 Å². The van der Waals surface area contributed by atoms with Gasteiger partial charge in [-0.15, -0.1) is 0 Å². The zero-order valence-electron chi connectivity index (χ0n) is 37.0. The van der Waals surface area contributed by atoms with E-state index in [-0.39, 0.29) is 53.7 Å². The highest BCUT2D eigenvalue weighted by atomic mass is 16.7. The number of ether oxygens (including phenoxy) is 1. The summed E-state index contributed by atoms with van der Waals surface area (Å²) in [5.41, 5.74) is 0.373. The van der Waals surface area contributed by atoms with Crippen molar-refractivity contribution in [2.24, 2.45) is 70.0 Å². The first-order valence-corrected chi connectivity index (χ1v) is 22.9. The molecule has 10 heteroatoms. The largest absolute Gasteiger partial charge is 0.394 e. The third kappa shape index (κ3) is 9.36. The lowest BCUT2D eigenvalue weighted by atomic mass is 9.45. The normalized spacial score (nSPS) is 41.2. The van der Waals surface area contributed by atoms with Gasteiger partial charge in [-0.25, -0.2) is 0 Å². The zero-order chi connectivity index (χ0) is 40.7. The van der Waals surface area contributed by atoms with E-state index in [2.05, 4.69) is 71.2 Å². The number of carbonyl (C=O) groups excluding carboxylic acids is 2. The molecule has 6 saturated carbocycles. The summed E-state index contributed by atoms with van der Waals surface area (Å²) in [7, 11) is 6.15. The number of hydrogen-bond acceptors (Lipinski definition) is 8. The van der Waals surface area contributed by atoms with E-state index in [1.807, 2.05) is 12.2 Å². The van der Waals surface area contributed by atoms with Crippen molar-refractivity contribution in [2.75, 3.05) is 40.9 Å². The molecule has 322 valence electrons. The second kappa shape index (κ2) is 18.1. The van der Waals surface area contributed by atoms with E-state index in [0.717, 1.165) is 57.4 Å². The van der Waals surface area contributed by atoms with Gasteiger partial charge in [0.2, 0.25) is 11.8 Å². The molecule has 7 aliphatic rings. The highest BCUT2D eigenvalue weighted by Crippen LogP contribution is 2.61. The van der Waals surface area contributed by atoms with Crippen molar-refractivity contribution in [3.63, 3.8) is 0 Å². The van der Waals surface area contributed by atoms with Gasteiger partial charge in [0.25, 0.3) is 0 Å². The number of fused-ring (bicyclic) bond motifs is 2. The number of aliphatic hydroxyl groups is 2. The van der Waals surface area contributed by atoms with Crippen LogP contribution in [-0.4, -0.2) is 109 Å². The lowest BCUT2D eigenvalue weighted by Crippen LogP contribution is -2.62. The number of amides is 2. The molecule has 10 nitrogen and oxygen atoms in total. The smallest absolute Gasteiger partial charge is 0.240 e. The van der Waals surface area contributed by atoms with E-state index in [4.69, 9.17) is 9.57 Å². The molecule has 56 heavy (non-hydrogen) atoms. The first-order chi connectivity index (χ1) is 26.4. The molecule has 0 aromatic carbocycles. The molecule has 1 saturated heterocycles. The van der Waals surface area contributed by atoms with Crippen LogP contribution in [-0.2, 0) is 19.2 Å². The van der Waals surface area contributed by atoms with E-state index >= 15 is 0 Å². The summed E-state index contributed by atoms with van der Waals surface area (Å²) in [5.74, 6) is 2.91. The Kier molecular flexibility index (Phi) is 14.3. The van der Waals surface area contributed by atoms with Crippen LogP contribution in [0.1, 0.15) is 132 Å². The minimum absolute atomic E-state index is 0.0237. The van der Waals surface area contributed by atoms with Crippen molar-refractivity contribution in [1.29, 1.82) is 0 Å². The van der Waals surface area contributed by atoms with Gasteiger partial charge in [0.1, 0.15) is 12.1 Å². The Morgan fingerprint density at radius 1 is 1.00 bits per heavy atom. The minimum atomic E-state index is -0.834. The van der Waals surface area contributed by atoms with E-state index in [1.165, 1.54) is 38.5 Å². The lowest BCUT2D eigenvalue weighted by molar-refractivity contribution is -0.197. The molecule has 6 aliphatic carbocycles. The predicted octanol–water partition coefficient (Wildman–Crippen LogP) is 6.28. The molecule has 2 amide bonds. The fourth-order valence-electron chi connectivity index (χ4n) is 13.2. The molecule has 7 rings (SSSR count). The van der Waals surface area contributed by atoms with Gasteiger partial charge in [-0.1, -0.05) is 73.6 Å². The van der Waals surface area contributed by atoms with Crippen LogP contribution in [0, 0.1) is 70.0 Å². The third-order valence-corrected chi connectivity index (χ3v) is 17.0. The van der Waals surface area contributed by atoms with Gasteiger partial charge < -0.3 is 30.5 Å². The predicted molar refractivity (Wildman–Crippen MR) is 221 cm³/mol. The molecule has 15 atom stereocenters. The summed E-state index contributed by atoms with van der Waals surface area (Å²) in [4.78, 5) is 37.3. The van der Waals surface area contributed by atoms with Crippen LogP contribution in [0.5, 0.6) is 0 Å². The summed E-state index contributed by atoms with van der Waals surface area (Å²) in [6, 6.07) is -0.306. The van der Waals surface area contributed by atoms with Crippen molar-refractivity contribution < 1.29 is 29.4 Å². The summed E-state index contributed by atoms with van der Waals surface area (Å²) < 4.78 is 6.56. The number of aliphatic hydroxyl groups excluding tert-OH is 2. The molecule has 0 radical (unpaired) electrons. The van der Waals surface area contributed by atoms with Crippen LogP contribution in [0.15, 0.2) is 0 Å². The van der Waals surface area contributed by atoms with Crippen LogP contribution >= 0.6 is 0 Å². The van der Waals surface area contributed by atoms with Crippen LogP contribution in [0.2, 0.25) is 0 Å². The molecule has 2 bridgehead atoms. The molecule has 8 unspecified atom stereocenters. The van der Waals surface area contributed by atoms with Gasteiger partial charge in [-0.3, -0.25) is 14.4 Å². The van der Waals surface area contributed by atoms with Crippen molar-refractivity contribution in [3.8, 4) is 0 Å². The average Bonchev–Trinajstić information content (AvgIpc) is 3.53. The number of carbonyl (C=O) groups is 2. The third-order valence-electron chi connectivity index (χ3n) is 17.0. The standard InChI is InChI=1S/C46H82N4O6/c1-27-37-23-34(46(37,6)7)24-38(27)48-44(54)41-40(28(2)52)39(26-51)56-50(41)25-32-19-33(45(3,4)5)22-36(42(32)55-10)30-18-31(21-35(20-30)49(8)9)43(53)47-17-16-29-14-12-11-13-15-29/h27-42,51-52H,11-26H2,1-10H3,(H,47,53)(H,48,54)/t27-,28-,30?,31?,32?,33?,34+,35?,36?,37-,38?,39-,40+,41-,42?/m0/s1. The Hall–Kier alpha value is -1.30. The van der Waals surface area contributed by atoms with Crippen molar-refractivity contribution in [1.82, 2.24) is 20.6 Å². The van der Waals surface area contributed by atoms with Crippen LogP contribution in [0.4, 0.5) is 0 Å². The molecule has 0 aromatic heterocycles. The molecular formula is C46H82N4O6. The Morgan fingerprint density at radius 3 is 2.30 bits per heavy atom. The summed E-state index contributed by atoms with van der Waals surface area (Å²) >= 11 is 0. The zero-order valence-corrected chi connectivity index (χ0v) is 37.0. The highest BCUT2D eigenvalue weighted by molar-refractivity contribution is 5.83. The van der Waals surface area contributed by atoms with Crippen molar-refractivity contribution in [2.45, 2.75) is 168 Å². The van der Waals surface area contributed by atoms with E-state index in [9.17, 15) is 19.8 Å². The molecule has 7 fully saturated rings. The molecule has 1 heterocycles. The Bertz CT molecular complexity index is 1310. The average molecular weight is 787 g/mol. The lowest BCUT2D eigenvalue weighted by Gasteiger charge is -2.62. The second-order valence-electron chi connectivity index (χ2n) is 21.8. The maximum Gasteiger partial charge on any atom is 0.240 e. The van der Waals surface area contributed by atoms with Crippen LogP contribution in [0.3, 0.4) is 0 Å². The quantitative estimate of drug-likeness (QED) is 0.172. The number of hydroxylamine groups is 2. The van der Waals surface area contributed by atoms with Gasteiger partial charge >= 0.3 is 0 Å². The number of nitrogens with zero attached hydrogens (tertiary/aromatic N) is 2. The van der Waals surface area contributed by atoms with Crippen molar-refractivity contribution in [3.05, 3.63) is 0 Å². The van der Waals surface area contributed by atoms with Gasteiger partial charge in [0.15, 0.2) is 0 Å². The summed E-state index contributed by atoms with van der Waals surface area (Å²) in [6.45, 7) is 16.8. The van der Waals surface area contributed by atoms with E-state index in [1.54, 1.807) is 6.92 Å². The second-order valence-corrected chi connectivity index (χ2v) is 21.8. The van der Waals surface area contributed by atoms with E-state index in [0.29, 0.717) is 47.6 Å². The Balaban J connectivity index is 1.21. The monoisotopic (exact) mass is 787 g/mol. The van der Waals surface area contributed by atoms with E-state index < -0.39 is 24.2 Å². The molecular weight excluding hydrogens is 705 g/mol. The van der Waals surface area contributed by atoms with Crippen LogP contribution in [0.25, 0.3) is 0 Å². The summed E-state index contributed by atoms with van der Waals surface area (Å²) in [6.07, 6.45) is 13.1. The number of hydrogen-bond donors (Lipinski definition) is 4. The number of methoxy groups -OCH3 is 1. The fourth-order valence-corrected chi connectivity index (χ4v) is 13.2. The fraction of sp³-hybridized carbons (Fsp3) is 0.957. The molecule has 4 N–H and O–H groups in total. The minimum Gasteiger partial charge on any atom is -0.394 e. The SMILES string of the molecule is COC1C(CN2O[C@@H](CO)[C@@H]([C@H](C)O)[C@H]2C(=O)NC2C[C@H]3C[C@@H]([C@@H]2C)C3(C)C)CC(C(C)(C)C)CC1C1CC(C(=O)NCCC2CCCCC2)CC(N(C)C)C1. The number of rotatable bonds is 13. The van der Waals surface area contributed by atoms with Crippen LogP contribution < -0.4 is 10.6 Å². The summed E-state index contributed by atoms with van der Waals surface area (Å²) in [5, 5.41) is 30.3. The maximum atomic E-state index is 14.5. The van der Waals surface area contributed by atoms with Crippen molar-refractivity contribution >= 4 is 11.8 Å².